The summed E-state index contributed by atoms with van der Waals surface area (Å²) in [4.78, 5) is 11.6. The van der Waals surface area contributed by atoms with Crippen LogP contribution in [0.4, 0.5) is 4.39 Å². The Balaban J connectivity index is 1.72. The van der Waals surface area contributed by atoms with E-state index in [0.717, 1.165) is 31.5 Å². The number of nitrogens with one attached hydrogen (secondary N) is 3. The number of carbonyl (C=O) groups excluding carboxylic acids is 1. The zero-order valence-electron chi connectivity index (χ0n) is 12.1. The van der Waals surface area contributed by atoms with E-state index in [2.05, 4.69) is 15.4 Å². The smallest absolute Gasteiger partial charge is 0.240 e. The second kappa shape index (κ2) is 7.66. The van der Waals surface area contributed by atoms with E-state index in [9.17, 15) is 17.6 Å². The number of rotatable bonds is 7. The first-order chi connectivity index (χ1) is 10.5. The van der Waals surface area contributed by atoms with Gasteiger partial charge in [0.1, 0.15) is 5.82 Å². The zero-order valence-corrected chi connectivity index (χ0v) is 13.0. The zero-order chi connectivity index (χ0) is 16.0. The van der Waals surface area contributed by atoms with Gasteiger partial charge in [-0.3, -0.25) is 4.79 Å². The summed E-state index contributed by atoms with van der Waals surface area (Å²) in [5, 5.41) is 6.03. The maximum atomic E-state index is 12.8. The minimum Gasteiger partial charge on any atom is -0.354 e. The van der Waals surface area contributed by atoms with Crippen molar-refractivity contribution in [2.75, 3.05) is 19.6 Å². The lowest BCUT2D eigenvalue weighted by atomic mass is 10.2. The van der Waals surface area contributed by atoms with Gasteiger partial charge in [0.05, 0.1) is 4.90 Å². The molecule has 1 unspecified atom stereocenters. The Hall–Kier alpha value is -1.51. The van der Waals surface area contributed by atoms with Gasteiger partial charge in [-0.2, -0.15) is 0 Å². The molecule has 1 aliphatic heterocycles. The van der Waals surface area contributed by atoms with Gasteiger partial charge in [0.15, 0.2) is 0 Å². The summed E-state index contributed by atoms with van der Waals surface area (Å²) in [6.45, 7) is 1.53. The van der Waals surface area contributed by atoms with Crippen LogP contribution in [0.25, 0.3) is 0 Å². The Morgan fingerprint density at radius 3 is 2.68 bits per heavy atom. The lowest BCUT2D eigenvalue weighted by Crippen LogP contribution is -2.38. The number of hydrogen-bond donors (Lipinski definition) is 3. The number of sulfonamides is 1. The van der Waals surface area contributed by atoms with Gasteiger partial charge in [-0.1, -0.05) is 0 Å². The van der Waals surface area contributed by atoms with Crippen molar-refractivity contribution in [3.05, 3.63) is 30.1 Å². The average molecular weight is 329 g/mol. The first-order valence-electron chi connectivity index (χ1n) is 7.23. The molecular formula is C14H20FN3O3S. The first-order valence-corrected chi connectivity index (χ1v) is 8.71. The highest BCUT2D eigenvalue weighted by Crippen LogP contribution is 2.09. The number of carbonyl (C=O) groups is 1. The third-order valence-electron chi connectivity index (χ3n) is 3.48. The highest BCUT2D eigenvalue weighted by molar-refractivity contribution is 7.89. The standard InChI is InChI=1S/C14H20FN3O3S/c15-11-3-5-13(6-4-11)22(20,21)18-9-7-14(19)17-10-12-2-1-8-16-12/h3-6,12,16,18H,1-2,7-10H2,(H,17,19). The number of benzene rings is 1. The van der Waals surface area contributed by atoms with Crippen LogP contribution in [0.5, 0.6) is 0 Å². The van der Waals surface area contributed by atoms with Crippen LogP contribution >= 0.6 is 0 Å². The van der Waals surface area contributed by atoms with Crippen molar-refractivity contribution >= 4 is 15.9 Å². The van der Waals surface area contributed by atoms with Gasteiger partial charge in [0.25, 0.3) is 0 Å². The molecule has 1 atom stereocenters. The van der Waals surface area contributed by atoms with Crippen molar-refractivity contribution in [1.82, 2.24) is 15.4 Å². The highest BCUT2D eigenvalue weighted by atomic mass is 32.2. The summed E-state index contributed by atoms with van der Waals surface area (Å²) in [5.74, 6) is -0.700. The molecule has 0 spiro atoms. The van der Waals surface area contributed by atoms with E-state index in [-0.39, 0.29) is 23.8 Å². The van der Waals surface area contributed by atoms with E-state index >= 15 is 0 Å². The lowest BCUT2D eigenvalue weighted by molar-refractivity contribution is -0.121. The fourth-order valence-corrected chi connectivity index (χ4v) is 3.28. The minimum absolute atomic E-state index is 0.00361. The summed E-state index contributed by atoms with van der Waals surface area (Å²) in [7, 11) is -3.71. The third kappa shape index (κ3) is 5.04. The maximum absolute atomic E-state index is 12.8. The molecule has 1 aliphatic rings. The Labute approximate surface area is 129 Å². The minimum atomic E-state index is -3.71. The molecule has 1 fully saturated rings. The molecule has 0 aromatic heterocycles. The van der Waals surface area contributed by atoms with Crippen LogP contribution in [0.1, 0.15) is 19.3 Å². The Morgan fingerprint density at radius 1 is 1.32 bits per heavy atom. The van der Waals surface area contributed by atoms with Crippen LogP contribution in [-0.4, -0.2) is 40.0 Å². The molecular weight excluding hydrogens is 309 g/mol. The molecule has 8 heteroatoms. The molecule has 0 saturated carbocycles. The third-order valence-corrected chi connectivity index (χ3v) is 4.95. The summed E-state index contributed by atoms with van der Waals surface area (Å²) >= 11 is 0. The van der Waals surface area contributed by atoms with Crippen LogP contribution in [0.15, 0.2) is 29.2 Å². The quantitative estimate of drug-likeness (QED) is 0.674. The van der Waals surface area contributed by atoms with Crippen LogP contribution in [-0.2, 0) is 14.8 Å². The van der Waals surface area contributed by atoms with Gasteiger partial charge < -0.3 is 10.6 Å². The molecule has 0 radical (unpaired) electrons. The molecule has 1 heterocycles. The van der Waals surface area contributed by atoms with Gasteiger partial charge in [-0.25, -0.2) is 17.5 Å². The SMILES string of the molecule is O=C(CCNS(=O)(=O)c1ccc(F)cc1)NCC1CCCN1. The van der Waals surface area contributed by atoms with E-state index in [1.807, 2.05) is 0 Å². The van der Waals surface area contributed by atoms with Crippen molar-refractivity contribution < 1.29 is 17.6 Å². The Kier molecular flexibility index (Phi) is 5.87. The van der Waals surface area contributed by atoms with E-state index in [1.165, 1.54) is 12.1 Å². The molecule has 22 heavy (non-hydrogen) atoms. The topological polar surface area (TPSA) is 87.3 Å². The van der Waals surface area contributed by atoms with Gasteiger partial charge in [-0.15, -0.1) is 0 Å². The van der Waals surface area contributed by atoms with Crippen molar-refractivity contribution in [3.63, 3.8) is 0 Å². The monoisotopic (exact) mass is 329 g/mol. The molecule has 3 N–H and O–H groups in total. The van der Waals surface area contributed by atoms with Crippen molar-refractivity contribution in [2.24, 2.45) is 0 Å². The van der Waals surface area contributed by atoms with Gasteiger partial charge >= 0.3 is 0 Å². The van der Waals surface area contributed by atoms with E-state index in [0.29, 0.717) is 12.6 Å². The predicted octanol–water partition coefficient (Wildman–Crippen LogP) is 0.362. The highest BCUT2D eigenvalue weighted by Gasteiger charge is 2.16. The largest absolute Gasteiger partial charge is 0.354 e. The molecule has 1 amide bonds. The molecule has 6 nitrogen and oxygen atoms in total. The van der Waals surface area contributed by atoms with Gasteiger partial charge in [0.2, 0.25) is 15.9 Å². The second-order valence-electron chi connectivity index (χ2n) is 5.20. The molecule has 0 aliphatic carbocycles. The molecule has 0 bridgehead atoms. The summed E-state index contributed by atoms with van der Waals surface area (Å²) < 4.78 is 38.9. The van der Waals surface area contributed by atoms with Gasteiger partial charge in [0, 0.05) is 25.6 Å². The fraction of sp³-hybridized carbons (Fsp3) is 0.500. The van der Waals surface area contributed by atoms with Crippen LogP contribution < -0.4 is 15.4 Å². The molecule has 2 rings (SSSR count). The number of halogens is 1. The van der Waals surface area contributed by atoms with Crippen LogP contribution in [0.3, 0.4) is 0 Å². The van der Waals surface area contributed by atoms with E-state index in [4.69, 9.17) is 0 Å². The van der Waals surface area contributed by atoms with Crippen molar-refractivity contribution in [3.8, 4) is 0 Å². The fourth-order valence-electron chi connectivity index (χ4n) is 2.25. The maximum Gasteiger partial charge on any atom is 0.240 e. The summed E-state index contributed by atoms with van der Waals surface area (Å²) in [6.07, 6.45) is 2.21. The van der Waals surface area contributed by atoms with Crippen LogP contribution in [0.2, 0.25) is 0 Å². The number of hydrogen-bond acceptors (Lipinski definition) is 4. The van der Waals surface area contributed by atoms with E-state index < -0.39 is 15.8 Å². The first kappa shape index (κ1) is 16.9. The summed E-state index contributed by atoms with van der Waals surface area (Å²) in [6, 6.07) is 4.83. The predicted molar refractivity (Wildman–Crippen MR) is 80.2 cm³/mol. The van der Waals surface area contributed by atoms with Crippen LogP contribution in [0, 0.1) is 5.82 Å². The molecule has 1 aromatic carbocycles. The molecule has 1 aromatic rings. The molecule has 122 valence electrons. The van der Waals surface area contributed by atoms with Crippen molar-refractivity contribution in [2.45, 2.75) is 30.2 Å². The van der Waals surface area contributed by atoms with Crippen molar-refractivity contribution in [1.29, 1.82) is 0 Å². The summed E-state index contributed by atoms with van der Waals surface area (Å²) in [5.41, 5.74) is 0. The lowest BCUT2D eigenvalue weighted by Gasteiger charge is -2.11. The second-order valence-corrected chi connectivity index (χ2v) is 6.97. The van der Waals surface area contributed by atoms with E-state index in [1.54, 1.807) is 0 Å². The average Bonchev–Trinajstić information content (AvgIpc) is 2.99. The van der Waals surface area contributed by atoms with Gasteiger partial charge in [-0.05, 0) is 43.7 Å². The molecule has 1 saturated heterocycles. The Bertz CT molecular complexity index is 598. The Morgan fingerprint density at radius 2 is 2.05 bits per heavy atom. The number of amides is 1. The normalized spacial score (nSPS) is 18.3.